The first-order valence-corrected chi connectivity index (χ1v) is 6.48. The third kappa shape index (κ3) is 3.89. The summed E-state index contributed by atoms with van der Waals surface area (Å²) in [5.74, 6) is -0.400. The third-order valence-corrected chi connectivity index (χ3v) is 3.38. The van der Waals surface area contributed by atoms with Crippen molar-refractivity contribution in [1.29, 1.82) is 0 Å². The summed E-state index contributed by atoms with van der Waals surface area (Å²) in [5.41, 5.74) is -1.46. The van der Waals surface area contributed by atoms with Crippen molar-refractivity contribution in [2.45, 2.75) is 64.5 Å². The average molecular weight is 256 g/mol. The first-order valence-electron chi connectivity index (χ1n) is 6.48. The second kappa shape index (κ2) is 5.16. The van der Waals surface area contributed by atoms with E-state index in [1.165, 1.54) is 0 Å². The molecule has 2 amide bonds. The first-order chi connectivity index (χ1) is 8.15. The zero-order valence-electron chi connectivity index (χ0n) is 11.7. The van der Waals surface area contributed by atoms with E-state index in [0.29, 0.717) is 18.8 Å². The van der Waals surface area contributed by atoms with Crippen LogP contribution < -0.4 is 10.6 Å². The van der Waals surface area contributed by atoms with Crippen LogP contribution in [0.15, 0.2) is 0 Å². The fourth-order valence-corrected chi connectivity index (χ4v) is 2.24. The molecule has 5 nitrogen and oxygen atoms in total. The molecule has 0 aromatic heterocycles. The largest absolute Gasteiger partial charge is 0.480 e. The predicted molar refractivity (Wildman–Crippen MR) is 69.4 cm³/mol. The summed E-state index contributed by atoms with van der Waals surface area (Å²) in [4.78, 5) is 23.3. The predicted octanol–water partition coefficient (Wildman–Crippen LogP) is 2.12. The van der Waals surface area contributed by atoms with Gasteiger partial charge in [-0.1, -0.05) is 6.92 Å². The van der Waals surface area contributed by atoms with Gasteiger partial charge in [0.15, 0.2) is 0 Å². The molecule has 0 aromatic rings. The van der Waals surface area contributed by atoms with Gasteiger partial charge in [-0.3, -0.25) is 0 Å². The molecule has 1 aliphatic carbocycles. The lowest BCUT2D eigenvalue weighted by Crippen LogP contribution is -2.60. The molecule has 1 fully saturated rings. The van der Waals surface area contributed by atoms with Crippen LogP contribution in [-0.2, 0) is 4.79 Å². The van der Waals surface area contributed by atoms with Gasteiger partial charge in [-0.2, -0.15) is 0 Å². The molecule has 1 saturated carbocycles. The van der Waals surface area contributed by atoms with Gasteiger partial charge in [0.1, 0.15) is 5.54 Å². The maximum Gasteiger partial charge on any atom is 0.329 e. The zero-order chi connectivity index (χ0) is 14.0. The second-order valence-electron chi connectivity index (χ2n) is 6.40. The molecule has 1 rings (SSSR count). The molecule has 18 heavy (non-hydrogen) atoms. The highest BCUT2D eigenvalue weighted by Crippen LogP contribution is 2.32. The lowest BCUT2D eigenvalue weighted by atomic mass is 9.77. The molecule has 0 atom stereocenters. The van der Waals surface area contributed by atoms with E-state index in [4.69, 9.17) is 0 Å². The van der Waals surface area contributed by atoms with Crippen LogP contribution in [0.1, 0.15) is 53.4 Å². The van der Waals surface area contributed by atoms with Crippen LogP contribution in [0.2, 0.25) is 0 Å². The maximum atomic E-state index is 11.8. The average Bonchev–Trinajstić information content (AvgIpc) is 2.18. The molecular weight excluding hydrogens is 232 g/mol. The van der Waals surface area contributed by atoms with Crippen LogP contribution >= 0.6 is 0 Å². The van der Waals surface area contributed by atoms with Crippen molar-refractivity contribution in [2.75, 3.05) is 0 Å². The van der Waals surface area contributed by atoms with Crippen LogP contribution in [-0.4, -0.2) is 28.2 Å². The number of carbonyl (C=O) groups is 2. The Morgan fingerprint density at radius 1 is 1.22 bits per heavy atom. The highest BCUT2D eigenvalue weighted by atomic mass is 16.4. The molecule has 0 spiro atoms. The monoisotopic (exact) mass is 256 g/mol. The van der Waals surface area contributed by atoms with E-state index in [0.717, 1.165) is 12.8 Å². The SMILES string of the molecule is CC1CCC(NC(=O)NC(C)(C)C)(C(=O)O)CC1. The Kier molecular flexibility index (Phi) is 4.24. The van der Waals surface area contributed by atoms with Gasteiger partial charge in [-0.25, -0.2) is 9.59 Å². The van der Waals surface area contributed by atoms with Crippen LogP contribution in [0.5, 0.6) is 0 Å². The number of carboxylic acids is 1. The van der Waals surface area contributed by atoms with Crippen molar-refractivity contribution in [3.63, 3.8) is 0 Å². The Morgan fingerprint density at radius 2 is 1.72 bits per heavy atom. The minimum Gasteiger partial charge on any atom is -0.480 e. The molecule has 1 aliphatic rings. The number of rotatable bonds is 2. The van der Waals surface area contributed by atoms with E-state index < -0.39 is 17.5 Å². The summed E-state index contributed by atoms with van der Waals surface area (Å²) in [5, 5.41) is 14.8. The molecule has 3 N–H and O–H groups in total. The number of carboxylic acid groups (broad SMARTS) is 1. The molecule has 0 aliphatic heterocycles. The molecule has 0 heterocycles. The van der Waals surface area contributed by atoms with Crippen molar-refractivity contribution in [1.82, 2.24) is 10.6 Å². The Labute approximate surface area is 108 Å². The molecular formula is C13H24N2O3. The fraction of sp³-hybridized carbons (Fsp3) is 0.846. The molecule has 5 heteroatoms. The van der Waals surface area contributed by atoms with E-state index in [2.05, 4.69) is 17.6 Å². The molecule has 0 aromatic carbocycles. The number of urea groups is 1. The Morgan fingerprint density at radius 3 is 2.11 bits per heavy atom. The lowest BCUT2D eigenvalue weighted by molar-refractivity contribution is -0.146. The van der Waals surface area contributed by atoms with Crippen molar-refractivity contribution >= 4 is 12.0 Å². The highest BCUT2D eigenvalue weighted by Gasteiger charge is 2.42. The zero-order valence-corrected chi connectivity index (χ0v) is 11.7. The van der Waals surface area contributed by atoms with Gasteiger partial charge in [0, 0.05) is 5.54 Å². The standard InChI is InChI=1S/C13H24N2O3/c1-9-5-7-13(8-6-9,10(16)17)15-11(18)14-12(2,3)4/h9H,5-8H2,1-4H3,(H,16,17)(H2,14,15,18). The van der Waals surface area contributed by atoms with Gasteiger partial charge < -0.3 is 15.7 Å². The molecule has 104 valence electrons. The summed E-state index contributed by atoms with van der Waals surface area (Å²) in [6.45, 7) is 7.70. The highest BCUT2D eigenvalue weighted by molar-refractivity contribution is 5.86. The molecule has 0 bridgehead atoms. The minimum atomic E-state index is -1.10. The van der Waals surface area contributed by atoms with Crippen molar-refractivity contribution in [2.24, 2.45) is 5.92 Å². The summed E-state index contributed by atoms with van der Waals surface area (Å²) in [7, 11) is 0. The number of amides is 2. The smallest absolute Gasteiger partial charge is 0.329 e. The van der Waals surface area contributed by atoms with Gasteiger partial charge >= 0.3 is 12.0 Å². The van der Waals surface area contributed by atoms with Gasteiger partial charge in [0.05, 0.1) is 0 Å². The van der Waals surface area contributed by atoms with Gasteiger partial charge in [-0.15, -0.1) is 0 Å². The molecule has 0 saturated heterocycles. The number of hydrogen-bond donors (Lipinski definition) is 3. The number of aliphatic carboxylic acids is 1. The number of hydrogen-bond acceptors (Lipinski definition) is 2. The van der Waals surface area contributed by atoms with Gasteiger partial charge in [0.25, 0.3) is 0 Å². The maximum absolute atomic E-state index is 11.8. The quantitative estimate of drug-likeness (QED) is 0.708. The Balaban J connectivity index is 2.70. The molecule has 0 radical (unpaired) electrons. The van der Waals surface area contributed by atoms with Crippen LogP contribution in [0.25, 0.3) is 0 Å². The van der Waals surface area contributed by atoms with Crippen molar-refractivity contribution in [3.8, 4) is 0 Å². The summed E-state index contributed by atoms with van der Waals surface area (Å²) < 4.78 is 0. The molecule has 0 unspecified atom stereocenters. The van der Waals surface area contributed by atoms with Gasteiger partial charge in [0.2, 0.25) is 0 Å². The fourth-order valence-electron chi connectivity index (χ4n) is 2.24. The van der Waals surface area contributed by atoms with E-state index in [1.807, 2.05) is 20.8 Å². The number of nitrogens with one attached hydrogen (secondary N) is 2. The first kappa shape index (κ1) is 14.8. The summed E-state index contributed by atoms with van der Waals surface area (Å²) in [6.07, 6.45) is 2.67. The van der Waals surface area contributed by atoms with Crippen LogP contribution in [0, 0.1) is 5.92 Å². The van der Waals surface area contributed by atoms with E-state index in [9.17, 15) is 14.7 Å². The van der Waals surface area contributed by atoms with E-state index in [1.54, 1.807) is 0 Å². The topological polar surface area (TPSA) is 78.4 Å². The van der Waals surface area contributed by atoms with Gasteiger partial charge in [-0.05, 0) is 52.4 Å². The second-order valence-corrected chi connectivity index (χ2v) is 6.40. The normalized spacial score (nSPS) is 28.6. The lowest BCUT2D eigenvalue weighted by Gasteiger charge is -2.37. The van der Waals surface area contributed by atoms with E-state index >= 15 is 0 Å². The Hall–Kier alpha value is -1.26. The van der Waals surface area contributed by atoms with Crippen molar-refractivity contribution in [3.05, 3.63) is 0 Å². The van der Waals surface area contributed by atoms with Crippen molar-refractivity contribution < 1.29 is 14.7 Å². The van der Waals surface area contributed by atoms with Crippen LogP contribution in [0.4, 0.5) is 4.79 Å². The summed E-state index contributed by atoms with van der Waals surface area (Å²) >= 11 is 0. The Bertz CT molecular complexity index is 326. The number of carbonyl (C=O) groups excluding carboxylic acids is 1. The summed E-state index contributed by atoms with van der Waals surface area (Å²) in [6, 6.07) is -0.403. The third-order valence-electron chi connectivity index (χ3n) is 3.38. The van der Waals surface area contributed by atoms with Crippen LogP contribution in [0.3, 0.4) is 0 Å². The van der Waals surface area contributed by atoms with E-state index in [-0.39, 0.29) is 5.54 Å². The minimum absolute atomic E-state index is 0.369.